The van der Waals surface area contributed by atoms with Gasteiger partial charge in [0.2, 0.25) is 5.82 Å². The second-order valence-electron chi connectivity index (χ2n) is 6.64. The first-order valence-electron chi connectivity index (χ1n) is 9.45. The summed E-state index contributed by atoms with van der Waals surface area (Å²) in [6, 6.07) is 19.8. The molecule has 1 heterocycles. The van der Waals surface area contributed by atoms with Crippen LogP contribution in [0, 0.1) is 0 Å². The number of fused-ring (bicyclic) bond motifs is 1. The van der Waals surface area contributed by atoms with Crippen molar-refractivity contribution in [1.29, 1.82) is 0 Å². The monoisotopic (exact) mass is 371 g/mol. The van der Waals surface area contributed by atoms with Crippen molar-refractivity contribution in [2.24, 2.45) is 0 Å². The molecule has 4 aromatic rings. The van der Waals surface area contributed by atoms with E-state index in [1.54, 1.807) is 6.07 Å². The highest BCUT2D eigenvalue weighted by Crippen LogP contribution is 2.30. The van der Waals surface area contributed by atoms with Gasteiger partial charge < -0.3 is 5.32 Å². The van der Waals surface area contributed by atoms with Crippen LogP contribution in [0.5, 0.6) is 0 Å². The molecule has 140 valence electrons. The summed E-state index contributed by atoms with van der Waals surface area (Å²) in [5.74, 6) is 0.0966. The number of carbonyl (C=O) groups is 1. The Hall–Kier alpha value is -3.47. The summed E-state index contributed by atoms with van der Waals surface area (Å²) in [6.45, 7) is 4.20. The first kappa shape index (κ1) is 17.9. The Kier molecular flexibility index (Phi) is 4.89. The fourth-order valence-corrected chi connectivity index (χ4v) is 3.42. The van der Waals surface area contributed by atoms with E-state index in [-0.39, 0.29) is 5.91 Å². The molecule has 0 aliphatic rings. The van der Waals surface area contributed by atoms with E-state index >= 15 is 0 Å². The largest absolute Gasteiger partial charge is 0.302 e. The van der Waals surface area contributed by atoms with E-state index in [4.69, 9.17) is 4.63 Å². The van der Waals surface area contributed by atoms with Gasteiger partial charge in [0.05, 0.1) is 0 Å². The van der Waals surface area contributed by atoms with E-state index < -0.39 is 0 Å². The quantitative estimate of drug-likeness (QED) is 0.519. The first-order valence-corrected chi connectivity index (χ1v) is 9.45. The standard InChI is InChI=1S/C23H21N3O2/c1-3-15-12-13-16(4-2)20(14-15)21-22(26-28-25-21)24-23(27)19-11-7-9-17-8-5-6-10-18(17)19/h5-14H,3-4H2,1-2H3,(H,24,26,27). The molecule has 28 heavy (non-hydrogen) atoms. The number of anilines is 1. The molecule has 0 atom stereocenters. The normalized spacial score (nSPS) is 10.9. The molecule has 1 amide bonds. The molecule has 0 aliphatic heterocycles. The molecule has 3 aromatic carbocycles. The highest BCUT2D eigenvalue weighted by atomic mass is 16.6. The lowest BCUT2D eigenvalue weighted by atomic mass is 9.98. The van der Waals surface area contributed by atoms with E-state index in [2.05, 4.69) is 47.7 Å². The number of nitrogens with zero attached hydrogens (tertiary/aromatic N) is 2. The molecule has 0 fully saturated rings. The predicted molar refractivity (Wildman–Crippen MR) is 110 cm³/mol. The van der Waals surface area contributed by atoms with Gasteiger partial charge in [0.25, 0.3) is 5.91 Å². The molecule has 5 nitrogen and oxygen atoms in total. The Labute approximate surface area is 163 Å². The topological polar surface area (TPSA) is 68.0 Å². The summed E-state index contributed by atoms with van der Waals surface area (Å²) in [4.78, 5) is 13.0. The smallest absolute Gasteiger partial charge is 0.257 e. The molecule has 0 unspecified atom stereocenters. The highest BCUT2D eigenvalue weighted by Gasteiger charge is 2.19. The number of hydrogen-bond donors (Lipinski definition) is 1. The van der Waals surface area contributed by atoms with E-state index in [0.29, 0.717) is 17.1 Å². The summed E-state index contributed by atoms with van der Waals surface area (Å²) in [6.07, 6.45) is 1.77. The van der Waals surface area contributed by atoms with Gasteiger partial charge in [-0.2, -0.15) is 0 Å². The van der Waals surface area contributed by atoms with Gasteiger partial charge in [-0.3, -0.25) is 4.79 Å². The number of benzene rings is 3. The summed E-state index contributed by atoms with van der Waals surface area (Å²) in [5.41, 5.74) is 4.41. The van der Waals surface area contributed by atoms with Crippen LogP contribution in [0.25, 0.3) is 22.0 Å². The van der Waals surface area contributed by atoms with Gasteiger partial charge in [0, 0.05) is 11.1 Å². The van der Waals surface area contributed by atoms with Gasteiger partial charge in [-0.05, 0) is 57.2 Å². The van der Waals surface area contributed by atoms with Crippen molar-refractivity contribution >= 4 is 22.5 Å². The highest BCUT2D eigenvalue weighted by molar-refractivity contribution is 6.13. The van der Waals surface area contributed by atoms with E-state index in [0.717, 1.165) is 34.7 Å². The van der Waals surface area contributed by atoms with Crippen molar-refractivity contribution in [2.45, 2.75) is 26.7 Å². The van der Waals surface area contributed by atoms with Crippen LogP contribution < -0.4 is 5.32 Å². The minimum atomic E-state index is -0.238. The Balaban J connectivity index is 1.72. The molecule has 0 bridgehead atoms. The minimum absolute atomic E-state index is 0.238. The lowest BCUT2D eigenvalue weighted by Gasteiger charge is -2.10. The first-order chi connectivity index (χ1) is 13.7. The van der Waals surface area contributed by atoms with Crippen LogP contribution in [0.15, 0.2) is 65.3 Å². The lowest BCUT2D eigenvalue weighted by Crippen LogP contribution is -2.13. The third-order valence-electron chi connectivity index (χ3n) is 4.97. The molecule has 1 N–H and O–H groups in total. The van der Waals surface area contributed by atoms with Gasteiger partial charge in [0.1, 0.15) is 0 Å². The van der Waals surface area contributed by atoms with Crippen molar-refractivity contribution < 1.29 is 9.42 Å². The zero-order chi connectivity index (χ0) is 19.5. The van der Waals surface area contributed by atoms with Crippen molar-refractivity contribution in [3.05, 3.63) is 77.4 Å². The maximum Gasteiger partial charge on any atom is 0.257 e. The SMILES string of the molecule is CCc1ccc(CC)c(-c2nonc2NC(=O)c2cccc3ccccc23)c1. The maximum absolute atomic E-state index is 13.0. The molecule has 0 radical (unpaired) electrons. The third-order valence-corrected chi connectivity index (χ3v) is 4.97. The average molecular weight is 371 g/mol. The van der Waals surface area contributed by atoms with E-state index in [1.807, 2.05) is 36.4 Å². The van der Waals surface area contributed by atoms with E-state index in [9.17, 15) is 4.79 Å². The molecule has 0 aliphatic carbocycles. The fraction of sp³-hybridized carbons (Fsp3) is 0.174. The van der Waals surface area contributed by atoms with Crippen molar-refractivity contribution in [3.63, 3.8) is 0 Å². The van der Waals surface area contributed by atoms with Gasteiger partial charge in [-0.25, -0.2) is 4.63 Å². The van der Waals surface area contributed by atoms with Crippen molar-refractivity contribution in [3.8, 4) is 11.3 Å². The van der Waals surface area contributed by atoms with Crippen molar-refractivity contribution in [2.75, 3.05) is 5.32 Å². The molecule has 1 aromatic heterocycles. The summed E-state index contributed by atoms with van der Waals surface area (Å²) in [5, 5.41) is 12.8. The number of carbonyl (C=O) groups excluding carboxylic acids is 1. The van der Waals surface area contributed by atoms with Gasteiger partial charge >= 0.3 is 0 Å². The lowest BCUT2D eigenvalue weighted by molar-refractivity contribution is 0.102. The second kappa shape index (κ2) is 7.64. The van der Waals surface area contributed by atoms with Crippen LogP contribution in [0.4, 0.5) is 5.82 Å². The number of aromatic nitrogens is 2. The Morgan fingerprint density at radius 3 is 2.61 bits per heavy atom. The third kappa shape index (κ3) is 3.27. The molecule has 4 rings (SSSR count). The number of rotatable bonds is 5. The maximum atomic E-state index is 13.0. The van der Waals surface area contributed by atoms with Crippen LogP contribution >= 0.6 is 0 Å². The Bertz CT molecular complexity index is 1140. The van der Waals surface area contributed by atoms with Gasteiger partial charge in [-0.15, -0.1) is 0 Å². The molecule has 0 saturated heterocycles. The Morgan fingerprint density at radius 1 is 0.964 bits per heavy atom. The summed E-state index contributed by atoms with van der Waals surface area (Å²) >= 11 is 0. The zero-order valence-corrected chi connectivity index (χ0v) is 15.9. The minimum Gasteiger partial charge on any atom is -0.302 e. The molecule has 0 saturated carbocycles. The van der Waals surface area contributed by atoms with Gasteiger partial charge in [-0.1, -0.05) is 62.4 Å². The molecule has 5 heteroatoms. The Morgan fingerprint density at radius 2 is 1.79 bits per heavy atom. The number of hydrogen-bond acceptors (Lipinski definition) is 4. The van der Waals surface area contributed by atoms with Gasteiger partial charge in [0.15, 0.2) is 5.69 Å². The second-order valence-corrected chi connectivity index (χ2v) is 6.64. The van der Waals surface area contributed by atoms with Crippen LogP contribution in [-0.4, -0.2) is 16.2 Å². The average Bonchev–Trinajstić information content (AvgIpc) is 3.20. The molecular weight excluding hydrogens is 350 g/mol. The van der Waals surface area contributed by atoms with Crippen LogP contribution in [0.3, 0.4) is 0 Å². The molecule has 0 spiro atoms. The fourth-order valence-electron chi connectivity index (χ4n) is 3.42. The zero-order valence-electron chi connectivity index (χ0n) is 15.9. The number of aryl methyl sites for hydroxylation is 2. The van der Waals surface area contributed by atoms with E-state index in [1.165, 1.54) is 5.56 Å². The number of amides is 1. The molecular formula is C23H21N3O2. The summed E-state index contributed by atoms with van der Waals surface area (Å²) < 4.78 is 4.98. The van der Waals surface area contributed by atoms with Crippen molar-refractivity contribution in [1.82, 2.24) is 10.3 Å². The number of nitrogens with one attached hydrogen (secondary N) is 1. The summed E-state index contributed by atoms with van der Waals surface area (Å²) in [7, 11) is 0. The van der Waals surface area contributed by atoms with Crippen LogP contribution in [0.1, 0.15) is 35.3 Å². The van der Waals surface area contributed by atoms with Crippen LogP contribution in [-0.2, 0) is 12.8 Å². The van der Waals surface area contributed by atoms with Crippen LogP contribution in [0.2, 0.25) is 0 Å². The predicted octanol–water partition coefficient (Wildman–Crippen LogP) is 5.27.